The molecule has 4 rings (SSSR count). The molecule has 2 atom stereocenters. The maximum absolute atomic E-state index is 11.1. The van der Waals surface area contributed by atoms with Gasteiger partial charge >= 0.3 is 5.97 Å². The summed E-state index contributed by atoms with van der Waals surface area (Å²) in [6, 6.07) is 1.52. The van der Waals surface area contributed by atoms with E-state index in [1.165, 1.54) is 6.07 Å². The second-order valence-corrected chi connectivity index (χ2v) is 6.42. The normalized spacial score (nSPS) is 21.5. The predicted octanol–water partition coefficient (Wildman–Crippen LogP) is 3.08. The van der Waals surface area contributed by atoms with E-state index in [2.05, 4.69) is 10.2 Å². The molecular weight excluding hydrogens is 320 g/mol. The Kier molecular flexibility index (Phi) is 3.06. The molecule has 2 unspecified atom stereocenters. The fourth-order valence-electron chi connectivity index (χ4n) is 3.29. The van der Waals surface area contributed by atoms with E-state index in [4.69, 9.17) is 26.2 Å². The number of benzene rings is 1. The summed E-state index contributed by atoms with van der Waals surface area (Å²) in [6.45, 7) is 3.95. The molecule has 1 aromatic heterocycles. The van der Waals surface area contributed by atoms with E-state index in [9.17, 15) is 4.79 Å². The van der Waals surface area contributed by atoms with Crippen molar-refractivity contribution in [1.29, 1.82) is 0 Å². The van der Waals surface area contributed by atoms with Crippen molar-refractivity contribution in [1.82, 2.24) is 10.2 Å². The van der Waals surface area contributed by atoms with Gasteiger partial charge in [-0.1, -0.05) is 11.6 Å². The summed E-state index contributed by atoms with van der Waals surface area (Å²) in [5, 5.41) is 16.4. The lowest BCUT2D eigenvalue weighted by atomic mass is 9.95. The Balaban J connectivity index is 1.97. The number of rotatable bonds is 2. The number of hydrogen-bond donors (Lipinski definition) is 2. The number of nitrogens with zero attached hydrogens (tertiary/aromatic N) is 1. The molecule has 0 saturated carbocycles. The summed E-state index contributed by atoms with van der Waals surface area (Å²) in [5.74, 6) is 0.317. The highest BCUT2D eigenvalue weighted by Gasteiger charge is 2.36. The molecule has 6 nitrogen and oxygen atoms in total. The van der Waals surface area contributed by atoms with Crippen LogP contribution in [0.5, 0.6) is 11.5 Å². The van der Waals surface area contributed by atoms with Gasteiger partial charge in [0.1, 0.15) is 29.4 Å². The summed E-state index contributed by atoms with van der Waals surface area (Å²) in [5.41, 5.74) is 3.20. The van der Waals surface area contributed by atoms with Crippen molar-refractivity contribution in [2.75, 3.05) is 0 Å². The van der Waals surface area contributed by atoms with Gasteiger partial charge in [-0.2, -0.15) is 5.10 Å². The zero-order valence-corrected chi connectivity index (χ0v) is 13.4. The van der Waals surface area contributed by atoms with Crippen LogP contribution < -0.4 is 9.47 Å². The Morgan fingerprint density at radius 1 is 1.26 bits per heavy atom. The number of aromatic amines is 1. The van der Waals surface area contributed by atoms with Gasteiger partial charge < -0.3 is 14.6 Å². The lowest BCUT2D eigenvalue weighted by molar-refractivity contribution is 0.0690. The SMILES string of the molecule is CC1Cc2c(c(Cl)c3c(c2-c2cc(C(=O)O)[nH]n2)OC(C)C3)O1. The smallest absolute Gasteiger partial charge is 0.353 e. The minimum Gasteiger partial charge on any atom is -0.489 e. The van der Waals surface area contributed by atoms with E-state index in [1.54, 1.807) is 0 Å². The standard InChI is InChI=1S/C16H15ClN2O4/c1-6-3-8-12(10-5-11(16(20)21)19-18-10)14-9(4-7(2)22-14)13(17)15(8)23-6/h5-7H,3-4H2,1-2H3,(H,18,19)(H,20,21). The van der Waals surface area contributed by atoms with Crippen LogP contribution in [0.15, 0.2) is 6.07 Å². The van der Waals surface area contributed by atoms with Crippen molar-refractivity contribution >= 4 is 17.6 Å². The first kappa shape index (κ1) is 14.4. The van der Waals surface area contributed by atoms with E-state index in [-0.39, 0.29) is 17.9 Å². The number of hydrogen-bond acceptors (Lipinski definition) is 4. The number of ether oxygens (including phenoxy) is 2. The molecule has 2 aliphatic heterocycles. The molecular formula is C16H15ClN2O4. The first-order valence-electron chi connectivity index (χ1n) is 7.45. The topological polar surface area (TPSA) is 84.4 Å². The Morgan fingerprint density at radius 3 is 2.57 bits per heavy atom. The van der Waals surface area contributed by atoms with Crippen molar-refractivity contribution in [3.05, 3.63) is 27.9 Å². The van der Waals surface area contributed by atoms with E-state index in [1.807, 2.05) is 13.8 Å². The summed E-state index contributed by atoms with van der Waals surface area (Å²) >= 11 is 6.52. The molecule has 0 saturated heterocycles. The number of aromatic nitrogens is 2. The fourth-order valence-corrected chi connectivity index (χ4v) is 3.61. The van der Waals surface area contributed by atoms with Gasteiger partial charge in [0, 0.05) is 24.0 Å². The summed E-state index contributed by atoms with van der Waals surface area (Å²) in [7, 11) is 0. The highest BCUT2D eigenvalue weighted by atomic mass is 35.5. The van der Waals surface area contributed by atoms with E-state index >= 15 is 0 Å². The number of aromatic carboxylic acids is 1. The number of carbonyl (C=O) groups is 1. The van der Waals surface area contributed by atoms with Gasteiger partial charge in [-0.3, -0.25) is 5.10 Å². The largest absolute Gasteiger partial charge is 0.489 e. The number of nitrogens with one attached hydrogen (secondary N) is 1. The van der Waals surface area contributed by atoms with Crippen molar-refractivity contribution in [3.63, 3.8) is 0 Å². The molecule has 23 heavy (non-hydrogen) atoms. The van der Waals surface area contributed by atoms with E-state index in [0.29, 0.717) is 35.1 Å². The molecule has 0 bridgehead atoms. The molecule has 2 N–H and O–H groups in total. The average molecular weight is 335 g/mol. The van der Waals surface area contributed by atoms with Gasteiger partial charge in [0.25, 0.3) is 0 Å². The number of carboxylic acid groups (broad SMARTS) is 1. The van der Waals surface area contributed by atoms with Crippen molar-refractivity contribution in [2.45, 2.75) is 38.9 Å². The molecule has 2 aromatic rings. The van der Waals surface area contributed by atoms with Crippen LogP contribution in [0.25, 0.3) is 11.3 Å². The summed E-state index contributed by atoms with van der Waals surface area (Å²) in [6.07, 6.45) is 1.41. The monoisotopic (exact) mass is 334 g/mol. The second kappa shape index (κ2) is 4.89. The van der Waals surface area contributed by atoms with Crippen LogP contribution in [-0.4, -0.2) is 33.5 Å². The highest BCUT2D eigenvalue weighted by molar-refractivity contribution is 6.33. The van der Waals surface area contributed by atoms with Gasteiger partial charge in [0.05, 0.1) is 16.3 Å². The molecule has 120 valence electrons. The first-order valence-corrected chi connectivity index (χ1v) is 7.83. The zero-order valence-electron chi connectivity index (χ0n) is 12.6. The third-order valence-corrected chi connectivity index (χ3v) is 4.63. The van der Waals surface area contributed by atoms with Crippen molar-refractivity contribution in [2.24, 2.45) is 0 Å². The number of carboxylic acids is 1. The van der Waals surface area contributed by atoms with Crippen molar-refractivity contribution in [3.8, 4) is 22.8 Å². The van der Waals surface area contributed by atoms with Crippen LogP contribution in [0.1, 0.15) is 35.5 Å². The third kappa shape index (κ3) is 2.09. The molecule has 0 amide bonds. The lowest BCUT2D eigenvalue weighted by Crippen LogP contribution is -2.07. The maximum Gasteiger partial charge on any atom is 0.353 e. The molecule has 2 aliphatic rings. The number of halogens is 1. The average Bonchev–Trinajstić information content (AvgIpc) is 3.17. The molecule has 7 heteroatoms. The molecule has 3 heterocycles. The fraction of sp³-hybridized carbons (Fsp3) is 0.375. The van der Waals surface area contributed by atoms with Crippen LogP contribution in [0.4, 0.5) is 0 Å². The molecule has 0 spiro atoms. The van der Waals surface area contributed by atoms with Gasteiger partial charge in [-0.25, -0.2) is 4.79 Å². The van der Waals surface area contributed by atoms with Gasteiger partial charge in [0.15, 0.2) is 0 Å². The minimum absolute atomic E-state index is 0.0130. The lowest BCUT2D eigenvalue weighted by Gasteiger charge is -2.13. The Labute approximate surface area is 137 Å². The minimum atomic E-state index is -1.05. The van der Waals surface area contributed by atoms with E-state index < -0.39 is 5.97 Å². The molecule has 0 radical (unpaired) electrons. The summed E-state index contributed by atoms with van der Waals surface area (Å²) in [4.78, 5) is 11.1. The number of H-pyrrole nitrogens is 1. The van der Waals surface area contributed by atoms with Crippen LogP contribution in [0.2, 0.25) is 5.02 Å². The Morgan fingerprint density at radius 2 is 1.91 bits per heavy atom. The second-order valence-electron chi connectivity index (χ2n) is 6.04. The Hall–Kier alpha value is -2.21. The van der Waals surface area contributed by atoms with Crippen LogP contribution in [0, 0.1) is 0 Å². The van der Waals surface area contributed by atoms with Gasteiger partial charge in [-0.15, -0.1) is 0 Å². The van der Waals surface area contributed by atoms with Crippen LogP contribution in [-0.2, 0) is 12.8 Å². The molecule has 0 aliphatic carbocycles. The maximum atomic E-state index is 11.1. The van der Waals surface area contributed by atoms with Gasteiger partial charge in [0.2, 0.25) is 0 Å². The van der Waals surface area contributed by atoms with Crippen LogP contribution in [0.3, 0.4) is 0 Å². The number of fused-ring (bicyclic) bond motifs is 2. The zero-order chi connectivity index (χ0) is 16.3. The van der Waals surface area contributed by atoms with Crippen LogP contribution >= 0.6 is 11.6 Å². The van der Waals surface area contributed by atoms with Gasteiger partial charge in [-0.05, 0) is 19.9 Å². The molecule has 1 aromatic carbocycles. The predicted molar refractivity (Wildman–Crippen MR) is 83.6 cm³/mol. The summed E-state index contributed by atoms with van der Waals surface area (Å²) < 4.78 is 11.8. The van der Waals surface area contributed by atoms with Crippen molar-refractivity contribution < 1.29 is 19.4 Å². The molecule has 0 fully saturated rings. The van der Waals surface area contributed by atoms with E-state index in [0.717, 1.165) is 16.7 Å². The quantitative estimate of drug-likeness (QED) is 0.881. The highest BCUT2D eigenvalue weighted by Crippen LogP contribution is 2.52. The third-order valence-electron chi connectivity index (χ3n) is 4.23. The first-order chi connectivity index (χ1) is 11.0. The Bertz CT molecular complexity index is 791.